The summed E-state index contributed by atoms with van der Waals surface area (Å²) in [6.45, 7) is 2.76. The minimum Gasteiger partial charge on any atom is -0.390 e. The number of ketones is 1. The van der Waals surface area contributed by atoms with Crippen LogP contribution in [0.25, 0.3) is 12.2 Å². The van der Waals surface area contributed by atoms with Crippen LogP contribution in [0, 0.1) is 0 Å². The number of aromatic nitrogens is 2. The highest BCUT2D eigenvalue weighted by atomic mass is 35.5. The lowest BCUT2D eigenvalue weighted by Gasteiger charge is -2.40. The van der Waals surface area contributed by atoms with Crippen molar-refractivity contribution in [2.75, 3.05) is 57.7 Å². The third-order valence-corrected chi connectivity index (χ3v) is 13.4. The Kier molecular flexibility index (Phi) is 15.7. The summed E-state index contributed by atoms with van der Waals surface area (Å²) < 4.78 is 0. The van der Waals surface area contributed by atoms with Crippen molar-refractivity contribution in [1.82, 2.24) is 35.3 Å². The fraction of sp³-hybridized carbons (Fsp3) is 0.280. The molecule has 1 aromatic heterocycles. The zero-order chi connectivity index (χ0) is 47.0. The maximum atomic E-state index is 14.6. The number of halogens is 4. The molecule has 0 saturated carbocycles. The van der Waals surface area contributed by atoms with E-state index in [0.717, 1.165) is 25.1 Å². The van der Waals surface area contributed by atoms with E-state index < -0.39 is 18.1 Å². The monoisotopic (exact) mass is 980 g/mol. The Balaban J connectivity index is 0.879. The van der Waals surface area contributed by atoms with Crippen molar-refractivity contribution in [2.24, 2.45) is 0 Å². The number of amides is 3. The number of benzene rings is 4. The van der Waals surface area contributed by atoms with Crippen molar-refractivity contribution in [3.05, 3.63) is 168 Å². The Bertz CT molecular complexity index is 2640. The predicted octanol–water partition coefficient (Wildman–Crippen LogP) is 6.64. The molecule has 5 aromatic rings. The first-order valence-electron chi connectivity index (χ1n) is 21.9. The van der Waals surface area contributed by atoms with Gasteiger partial charge in [-0.15, -0.1) is 0 Å². The first-order valence-corrected chi connectivity index (χ1v) is 23.4. The number of carbonyl (C=O) groups excluding carboxylic acids is 4. The van der Waals surface area contributed by atoms with Crippen LogP contribution in [0.4, 0.5) is 5.82 Å². The van der Waals surface area contributed by atoms with Gasteiger partial charge in [0.15, 0.2) is 5.78 Å². The minimum absolute atomic E-state index is 0.0138. The van der Waals surface area contributed by atoms with Crippen molar-refractivity contribution in [1.29, 1.82) is 0 Å². The Morgan fingerprint density at radius 2 is 1.40 bits per heavy atom. The van der Waals surface area contributed by atoms with Crippen LogP contribution in [0.3, 0.4) is 0 Å². The number of β-amino-alcohol motifs (C(OH)–C–C–N with tert-alkyl or cyclic N) is 1. The molecular formula is C50H48Cl4N8O5. The average Bonchev–Trinajstić information content (AvgIpc) is 3.31. The second kappa shape index (κ2) is 22.0. The van der Waals surface area contributed by atoms with E-state index in [9.17, 15) is 24.3 Å². The molecule has 0 bridgehead atoms. The standard InChI is InChI=1S/C50H48Cl4N8O5/c51-40-12-10-32(18-42(40)53)16-36-25-62(26-37(48(36)65)17-33-11-13-41(52)43(54)19-33)50(67)45(20-31-6-2-1-3-7-31)55-23-47(64)61-27-38(28-61)59-46-21-44(57-30-58-46)49(66)56-22-39(63)29-60-15-14-34-8-4-5-9-35(34)24-60/h1-13,16-19,21,30,38-39,45,55,63H,14-15,20,22-29H2,(H,56,66)(H,57,58,59)/b36-16+,37-17+. The third kappa shape index (κ3) is 12.5. The Hall–Kier alpha value is -5.64. The molecule has 3 amide bonds. The summed E-state index contributed by atoms with van der Waals surface area (Å²) >= 11 is 25.0. The van der Waals surface area contributed by atoms with Gasteiger partial charge in [-0.2, -0.15) is 0 Å². The molecule has 2 unspecified atom stereocenters. The maximum absolute atomic E-state index is 14.6. The number of Topliss-reactive ketones (excluding diaryl/α,β-unsaturated/α-hetero) is 1. The molecule has 2 saturated heterocycles. The number of hydrogen-bond donors (Lipinski definition) is 4. The highest BCUT2D eigenvalue weighted by molar-refractivity contribution is 6.42. The lowest BCUT2D eigenvalue weighted by molar-refractivity contribution is -0.135. The molecule has 8 rings (SSSR count). The van der Waals surface area contributed by atoms with Crippen LogP contribution in [0.15, 0.2) is 115 Å². The number of likely N-dealkylation sites (tertiary alicyclic amines) is 2. The van der Waals surface area contributed by atoms with E-state index in [1.165, 1.54) is 17.5 Å². The van der Waals surface area contributed by atoms with Crippen LogP contribution in [-0.4, -0.2) is 124 Å². The van der Waals surface area contributed by atoms with Crippen LogP contribution in [0.5, 0.6) is 0 Å². The number of hydrogen-bond acceptors (Lipinski definition) is 10. The van der Waals surface area contributed by atoms with E-state index in [-0.39, 0.29) is 61.9 Å². The SMILES string of the molecule is O=C1/C(=C/c2ccc(Cl)c(Cl)c2)CN(C(=O)C(Cc2ccccc2)NCC(=O)N2CC(Nc3cc(C(=O)NCC(O)CN4CCc5ccccc5C4)ncn3)C2)C/C1=C\c1ccc(Cl)c(Cl)c1. The number of fused-ring (bicyclic) bond motifs is 1. The molecule has 0 aliphatic carbocycles. The average molecular weight is 983 g/mol. The highest BCUT2D eigenvalue weighted by Gasteiger charge is 2.35. The van der Waals surface area contributed by atoms with E-state index >= 15 is 0 Å². The molecule has 0 spiro atoms. The molecule has 4 aromatic carbocycles. The van der Waals surface area contributed by atoms with Crippen LogP contribution in [-0.2, 0) is 33.8 Å². The number of piperidine rings is 1. The predicted molar refractivity (Wildman–Crippen MR) is 262 cm³/mol. The summed E-state index contributed by atoms with van der Waals surface area (Å²) in [5.74, 6) is -0.737. The van der Waals surface area contributed by atoms with Crippen LogP contribution < -0.4 is 16.0 Å². The van der Waals surface area contributed by atoms with Gasteiger partial charge in [-0.25, -0.2) is 9.97 Å². The molecule has 13 nitrogen and oxygen atoms in total. The van der Waals surface area contributed by atoms with Crippen molar-refractivity contribution >= 4 is 87.9 Å². The lowest BCUT2D eigenvalue weighted by Crippen LogP contribution is -2.60. The summed E-state index contributed by atoms with van der Waals surface area (Å²) in [7, 11) is 0. The third-order valence-electron chi connectivity index (χ3n) is 11.9. The second-order valence-corrected chi connectivity index (χ2v) is 18.5. The first kappa shape index (κ1) is 47.8. The molecule has 0 radical (unpaired) electrons. The minimum atomic E-state index is -0.818. The Morgan fingerprint density at radius 3 is 2.06 bits per heavy atom. The molecule has 3 aliphatic rings. The fourth-order valence-electron chi connectivity index (χ4n) is 8.36. The summed E-state index contributed by atoms with van der Waals surface area (Å²) in [6, 6.07) is 28.5. The lowest BCUT2D eigenvalue weighted by atomic mass is 9.93. The number of carbonyl (C=O) groups is 4. The van der Waals surface area contributed by atoms with Gasteiger partial charge < -0.3 is 25.5 Å². The number of aliphatic hydroxyl groups excluding tert-OH is 1. The van der Waals surface area contributed by atoms with Crippen molar-refractivity contribution in [3.63, 3.8) is 0 Å². The molecule has 17 heteroatoms. The van der Waals surface area contributed by atoms with E-state index in [2.05, 4.69) is 43.0 Å². The van der Waals surface area contributed by atoms with Gasteiger partial charge >= 0.3 is 0 Å². The number of rotatable bonds is 15. The molecule has 4 heterocycles. The molecule has 67 heavy (non-hydrogen) atoms. The van der Waals surface area contributed by atoms with Crippen molar-refractivity contribution in [2.45, 2.75) is 37.6 Å². The van der Waals surface area contributed by atoms with Crippen LogP contribution in [0.1, 0.15) is 38.3 Å². The molecule has 2 atom stereocenters. The van der Waals surface area contributed by atoms with Crippen LogP contribution in [0.2, 0.25) is 20.1 Å². The number of anilines is 1. The fourth-order valence-corrected chi connectivity index (χ4v) is 8.97. The smallest absolute Gasteiger partial charge is 0.270 e. The van der Waals surface area contributed by atoms with E-state index in [0.29, 0.717) is 67.8 Å². The van der Waals surface area contributed by atoms with E-state index in [4.69, 9.17) is 46.4 Å². The largest absolute Gasteiger partial charge is 0.390 e. The van der Waals surface area contributed by atoms with Gasteiger partial charge in [0.2, 0.25) is 11.8 Å². The van der Waals surface area contributed by atoms with E-state index in [1.807, 2.05) is 42.5 Å². The molecule has 4 N–H and O–H groups in total. The summed E-state index contributed by atoms with van der Waals surface area (Å²) in [5.41, 5.74) is 5.63. The summed E-state index contributed by atoms with van der Waals surface area (Å²) in [4.78, 5) is 69.1. The zero-order valence-electron chi connectivity index (χ0n) is 36.3. The van der Waals surface area contributed by atoms with Gasteiger partial charge in [-0.05, 0) is 77.1 Å². The Morgan fingerprint density at radius 1 is 0.761 bits per heavy atom. The molecule has 346 valence electrons. The van der Waals surface area contributed by atoms with Gasteiger partial charge in [0, 0.05) is 69.6 Å². The topological polar surface area (TPSA) is 160 Å². The zero-order valence-corrected chi connectivity index (χ0v) is 39.3. The van der Waals surface area contributed by atoms with Gasteiger partial charge in [-0.1, -0.05) is 113 Å². The molecular weight excluding hydrogens is 934 g/mol. The molecule has 2 fully saturated rings. The Labute approximate surface area is 408 Å². The second-order valence-electron chi connectivity index (χ2n) is 16.9. The number of nitrogens with one attached hydrogen (secondary N) is 3. The van der Waals surface area contributed by atoms with Crippen LogP contribution >= 0.6 is 46.4 Å². The van der Waals surface area contributed by atoms with E-state index in [1.54, 1.807) is 64.4 Å². The van der Waals surface area contributed by atoms with Gasteiger partial charge in [0.1, 0.15) is 17.8 Å². The van der Waals surface area contributed by atoms with Crippen molar-refractivity contribution in [3.8, 4) is 0 Å². The van der Waals surface area contributed by atoms with Gasteiger partial charge in [0.25, 0.3) is 5.91 Å². The summed E-state index contributed by atoms with van der Waals surface area (Å²) in [5, 5.41) is 21.4. The highest BCUT2D eigenvalue weighted by Crippen LogP contribution is 2.29. The first-order chi connectivity index (χ1) is 32.3. The number of aliphatic hydroxyl groups is 1. The summed E-state index contributed by atoms with van der Waals surface area (Å²) in [6.07, 6.45) is 5.15. The molecule has 3 aliphatic heterocycles. The quantitative estimate of drug-likeness (QED) is 0.0839. The maximum Gasteiger partial charge on any atom is 0.270 e. The normalized spacial score (nSPS) is 17.5. The van der Waals surface area contributed by atoms with Gasteiger partial charge in [-0.3, -0.25) is 29.4 Å². The number of nitrogens with zero attached hydrogens (tertiary/aromatic N) is 5. The van der Waals surface area contributed by atoms with Crippen molar-refractivity contribution < 1.29 is 24.3 Å². The van der Waals surface area contributed by atoms with Gasteiger partial charge in [0.05, 0.1) is 44.8 Å².